The summed E-state index contributed by atoms with van der Waals surface area (Å²) in [5, 5.41) is 6.99. The van der Waals surface area contributed by atoms with Crippen LogP contribution in [0.1, 0.15) is 18.3 Å². The van der Waals surface area contributed by atoms with Gasteiger partial charge in [0, 0.05) is 23.3 Å². The molecule has 2 aliphatic rings. The van der Waals surface area contributed by atoms with Crippen molar-refractivity contribution in [1.29, 1.82) is 0 Å². The summed E-state index contributed by atoms with van der Waals surface area (Å²) in [5.41, 5.74) is -0.765. The van der Waals surface area contributed by atoms with Crippen LogP contribution in [0.3, 0.4) is 0 Å². The van der Waals surface area contributed by atoms with E-state index >= 15 is 0 Å². The van der Waals surface area contributed by atoms with Gasteiger partial charge in [-0.3, -0.25) is 0 Å². The molecule has 1 N–H and O–H groups in total. The first-order chi connectivity index (χ1) is 14.5. The van der Waals surface area contributed by atoms with Crippen molar-refractivity contribution in [3.8, 4) is 17.2 Å². The second-order valence-electron chi connectivity index (χ2n) is 7.02. The number of rotatable bonds is 4. The van der Waals surface area contributed by atoms with E-state index in [-0.39, 0.29) is 29.2 Å². The van der Waals surface area contributed by atoms with Crippen LogP contribution in [0, 0.1) is 5.92 Å². The highest BCUT2D eigenvalue weighted by molar-refractivity contribution is 5.69. The van der Waals surface area contributed by atoms with Gasteiger partial charge in [-0.25, -0.2) is 0 Å². The van der Waals surface area contributed by atoms with Crippen LogP contribution < -0.4 is 10.1 Å². The fourth-order valence-electron chi connectivity index (χ4n) is 3.26. The summed E-state index contributed by atoms with van der Waals surface area (Å²) >= 11 is 0. The van der Waals surface area contributed by atoms with Crippen LogP contribution in [0.2, 0.25) is 0 Å². The van der Waals surface area contributed by atoms with Crippen molar-refractivity contribution in [3.63, 3.8) is 0 Å². The molecule has 1 aliphatic carbocycles. The standard InChI is InChI=1S/C20H15F6N3O2/c1-10(19(21,22)23)30-16-7-6-11(8-14(16)20(24,25)26)18-28-17(29-31-18)13-9-27-15-5-3-2-4-12(13)15/h2-10,12,15,27H,1H3. The first-order valence-electron chi connectivity index (χ1n) is 9.14. The summed E-state index contributed by atoms with van der Waals surface area (Å²) < 4.78 is 88.2. The Kier molecular flexibility index (Phi) is 5.06. The summed E-state index contributed by atoms with van der Waals surface area (Å²) in [5.74, 6) is -0.989. The van der Waals surface area contributed by atoms with Crippen molar-refractivity contribution in [2.75, 3.05) is 0 Å². The highest BCUT2D eigenvalue weighted by Crippen LogP contribution is 2.40. The van der Waals surface area contributed by atoms with Gasteiger partial charge in [-0.1, -0.05) is 29.5 Å². The van der Waals surface area contributed by atoms with Gasteiger partial charge in [-0.05, 0) is 25.1 Å². The predicted octanol–water partition coefficient (Wildman–Crippen LogP) is 5.14. The van der Waals surface area contributed by atoms with E-state index in [2.05, 4.69) is 20.2 Å². The number of aromatic nitrogens is 2. The molecule has 0 radical (unpaired) electrons. The molecule has 11 heteroatoms. The van der Waals surface area contributed by atoms with Crippen molar-refractivity contribution in [3.05, 3.63) is 60.1 Å². The van der Waals surface area contributed by atoms with Gasteiger partial charge in [0.25, 0.3) is 5.89 Å². The molecule has 31 heavy (non-hydrogen) atoms. The van der Waals surface area contributed by atoms with E-state index in [1.165, 1.54) is 0 Å². The molecule has 2 heterocycles. The summed E-state index contributed by atoms with van der Waals surface area (Å²) in [7, 11) is 0. The molecule has 4 rings (SSSR count). The van der Waals surface area contributed by atoms with Crippen molar-refractivity contribution in [2.45, 2.75) is 31.4 Å². The molecular formula is C20H15F6N3O2. The zero-order valence-corrected chi connectivity index (χ0v) is 15.8. The number of nitrogens with zero attached hydrogens (tertiary/aromatic N) is 2. The molecular weight excluding hydrogens is 428 g/mol. The van der Waals surface area contributed by atoms with E-state index in [0.29, 0.717) is 18.6 Å². The van der Waals surface area contributed by atoms with Gasteiger partial charge in [0.05, 0.1) is 11.6 Å². The first-order valence-corrected chi connectivity index (χ1v) is 9.14. The molecule has 1 aromatic heterocycles. The van der Waals surface area contributed by atoms with Crippen molar-refractivity contribution < 1.29 is 35.6 Å². The Labute approximate surface area is 172 Å². The lowest BCUT2D eigenvalue weighted by Gasteiger charge is -2.20. The van der Waals surface area contributed by atoms with E-state index in [4.69, 9.17) is 4.52 Å². The lowest BCUT2D eigenvalue weighted by Crippen LogP contribution is -2.31. The Hall–Kier alpha value is -3.24. The van der Waals surface area contributed by atoms with Crippen LogP contribution in [0.25, 0.3) is 17.0 Å². The number of hydrogen-bond donors (Lipinski definition) is 1. The Bertz CT molecular complexity index is 1070. The van der Waals surface area contributed by atoms with Gasteiger partial charge in [-0.15, -0.1) is 0 Å². The van der Waals surface area contributed by atoms with Crippen LogP contribution in [0.5, 0.6) is 5.75 Å². The summed E-state index contributed by atoms with van der Waals surface area (Å²) in [6, 6.07) is 2.60. The predicted molar refractivity (Wildman–Crippen MR) is 97.6 cm³/mol. The second kappa shape index (κ2) is 7.47. The first kappa shape index (κ1) is 21.0. The molecule has 3 unspecified atom stereocenters. The summed E-state index contributed by atoms with van der Waals surface area (Å²) in [4.78, 5) is 4.17. The van der Waals surface area contributed by atoms with Gasteiger partial charge in [0.1, 0.15) is 5.75 Å². The molecule has 0 amide bonds. The zero-order valence-electron chi connectivity index (χ0n) is 15.8. The Morgan fingerprint density at radius 2 is 1.84 bits per heavy atom. The molecule has 0 spiro atoms. The van der Waals surface area contributed by atoms with E-state index in [1.54, 1.807) is 6.20 Å². The van der Waals surface area contributed by atoms with E-state index in [9.17, 15) is 26.3 Å². The second-order valence-corrected chi connectivity index (χ2v) is 7.02. The lowest BCUT2D eigenvalue weighted by molar-refractivity contribution is -0.191. The van der Waals surface area contributed by atoms with E-state index in [1.807, 2.05) is 24.3 Å². The van der Waals surface area contributed by atoms with E-state index < -0.39 is 29.8 Å². The van der Waals surface area contributed by atoms with Crippen LogP contribution in [-0.4, -0.2) is 28.5 Å². The highest BCUT2D eigenvalue weighted by atomic mass is 19.4. The lowest BCUT2D eigenvalue weighted by atomic mass is 9.91. The maximum absolute atomic E-state index is 13.5. The fraction of sp³-hybridized carbons (Fsp3) is 0.300. The maximum Gasteiger partial charge on any atom is 0.425 e. The highest BCUT2D eigenvalue weighted by Gasteiger charge is 2.41. The van der Waals surface area contributed by atoms with Crippen LogP contribution in [0.4, 0.5) is 26.3 Å². The largest absolute Gasteiger partial charge is 0.481 e. The minimum Gasteiger partial charge on any atom is -0.481 e. The quantitative estimate of drug-likeness (QED) is 0.664. The number of allylic oxidation sites excluding steroid dienone is 2. The number of halogens is 6. The minimum absolute atomic E-state index is 0.0193. The molecule has 164 valence electrons. The SMILES string of the molecule is CC(Oc1ccc(-c2nc(C3=CNC4C=CC=CC34)no2)cc1C(F)(F)F)C(F)(F)F. The van der Waals surface area contributed by atoms with Crippen LogP contribution >= 0.6 is 0 Å². The topological polar surface area (TPSA) is 60.2 Å². The van der Waals surface area contributed by atoms with Gasteiger partial charge in [-0.2, -0.15) is 31.3 Å². The van der Waals surface area contributed by atoms with Gasteiger partial charge in [0.2, 0.25) is 5.82 Å². The van der Waals surface area contributed by atoms with Gasteiger partial charge >= 0.3 is 12.4 Å². The third-order valence-electron chi connectivity index (χ3n) is 4.91. The Balaban J connectivity index is 1.64. The fourth-order valence-corrected chi connectivity index (χ4v) is 3.26. The molecule has 0 saturated heterocycles. The third-order valence-corrected chi connectivity index (χ3v) is 4.91. The summed E-state index contributed by atoms with van der Waals surface area (Å²) in [6.07, 6.45) is -2.85. The Morgan fingerprint density at radius 3 is 2.55 bits per heavy atom. The van der Waals surface area contributed by atoms with E-state index in [0.717, 1.165) is 12.1 Å². The Morgan fingerprint density at radius 1 is 1.10 bits per heavy atom. The molecule has 2 aromatic rings. The number of fused-ring (bicyclic) bond motifs is 1. The molecule has 0 bridgehead atoms. The van der Waals surface area contributed by atoms with Crippen molar-refractivity contribution in [1.82, 2.24) is 15.5 Å². The molecule has 0 fully saturated rings. The normalized spacial score (nSPS) is 21.5. The van der Waals surface area contributed by atoms with Crippen molar-refractivity contribution in [2.24, 2.45) is 5.92 Å². The van der Waals surface area contributed by atoms with Gasteiger partial charge in [0.15, 0.2) is 6.10 Å². The smallest absolute Gasteiger partial charge is 0.425 e. The van der Waals surface area contributed by atoms with Crippen LogP contribution in [0.15, 0.2) is 53.2 Å². The monoisotopic (exact) mass is 443 g/mol. The molecule has 3 atom stereocenters. The number of hydrogen-bond acceptors (Lipinski definition) is 5. The minimum atomic E-state index is -4.95. The average Bonchev–Trinajstić information content (AvgIpc) is 3.33. The zero-order chi connectivity index (χ0) is 22.4. The number of nitrogens with one attached hydrogen (secondary N) is 1. The molecule has 0 saturated carbocycles. The molecule has 1 aliphatic heterocycles. The van der Waals surface area contributed by atoms with Crippen molar-refractivity contribution >= 4 is 5.57 Å². The molecule has 1 aromatic carbocycles. The maximum atomic E-state index is 13.5. The molecule has 5 nitrogen and oxygen atoms in total. The van der Waals surface area contributed by atoms with Crippen LogP contribution in [-0.2, 0) is 6.18 Å². The average molecular weight is 443 g/mol. The number of benzene rings is 1. The summed E-state index contributed by atoms with van der Waals surface area (Å²) in [6.45, 7) is 0.629. The third kappa shape index (κ3) is 4.17. The van der Waals surface area contributed by atoms with Gasteiger partial charge < -0.3 is 14.6 Å². The number of alkyl halides is 6. The number of ether oxygens (including phenoxy) is 1.